The summed E-state index contributed by atoms with van der Waals surface area (Å²) < 4.78 is 5.04. The van der Waals surface area contributed by atoms with Crippen LogP contribution in [0.3, 0.4) is 0 Å². The van der Waals surface area contributed by atoms with Crippen LogP contribution in [-0.4, -0.2) is 47.2 Å². The first-order chi connectivity index (χ1) is 12.4. The van der Waals surface area contributed by atoms with Crippen LogP contribution in [0.15, 0.2) is 0 Å². The van der Waals surface area contributed by atoms with E-state index in [1.54, 1.807) is 25.7 Å². The Morgan fingerprint density at radius 3 is 2.38 bits per heavy atom. The van der Waals surface area contributed by atoms with E-state index in [9.17, 15) is 14.4 Å². The number of aromatic amines is 1. The lowest BCUT2D eigenvalue weighted by Crippen LogP contribution is -2.43. The molecule has 1 amide bonds. The highest BCUT2D eigenvalue weighted by Crippen LogP contribution is 2.33. The second kappa shape index (κ2) is 7.64. The molecule has 26 heavy (non-hydrogen) atoms. The van der Waals surface area contributed by atoms with Gasteiger partial charge in [-0.25, -0.2) is 4.79 Å². The van der Waals surface area contributed by atoms with Crippen molar-refractivity contribution in [1.82, 2.24) is 9.88 Å². The second-order valence-corrected chi connectivity index (χ2v) is 7.56. The maximum atomic E-state index is 13.0. The molecule has 1 heterocycles. The minimum absolute atomic E-state index is 0.0880. The predicted molar refractivity (Wildman–Crippen MR) is 97.2 cm³/mol. The third-order valence-corrected chi connectivity index (χ3v) is 5.47. The van der Waals surface area contributed by atoms with Gasteiger partial charge in [0.05, 0.1) is 13.2 Å². The number of hydrogen-bond acceptors (Lipinski definition) is 4. The van der Waals surface area contributed by atoms with Gasteiger partial charge < -0.3 is 14.6 Å². The summed E-state index contributed by atoms with van der Waals surface area (Å²) in [6, 6.07) is 0. The summed E-state index contributed by atoms with van der Waals surface area (Å²) in [5.41, 5.74) is 2.09. The van der Waals surface area contributed by atoms with Gasteiger partial charge in [-0.1, -0.05) is 6.42 Å². The number of aromatic nitrogens is 1. The van der Waals surface area contributed by atoms with Crippen LogP contribution in [0.2, 0.25) is 0 Å². The SMILES string of the molecule is CCOC(=O)c1[nH]c(C)c(C(=O)CN(CC2CC2)C(=O)C2CCC2)c1C. The molecular formula is C20H28N2O4. The number of ketones is 1. The lowest BCUT2D eigenvalue weighted by atomic mass is 9.84. The molecule has 142 valence electrons. The fourth-order valence-corrected chi connectivity index (χ4v) is 3.59. The number of rotatable bonds is 8. The number of ether oxygens (including phenoxy) is 1. The molecular weight excluding hydrogens is 332 g/mol. The molecule has 2 saturated carbocycles. The fraction of sp³-hybridized carbons (Fsp3) is 0.650. The van der Waals surface area contributed by atoms with E-state index in [1.165, 1.54) is 0 Å². The summed E-state index contributed by atoms with van der Waals surface area (Å²) in [4.78, 5) is 42.5. The molecule has 0 aromatic carbocycles. The molecule has 0 spiro atoms. The number of aryl methyl sites for hydroxylation is 1. The molecule has 0 atom stereocenters. The van der Waals surface area contributed by atoms with Gasteiger partial charge in [-0.05, 0) is 57.9 Å². The number of Topliss-reactive ketones (excluding diaryl/α,β-unsaturated/α-hetero) is 1. The summed E-state index contributed by atoms with van der Waals surface area (Å²) >= 11 is 0. The number of H-pyrrole nitrogens is 1. The number of carbonyl (C=O) groups is 3. The largest absolute Gasteiger partial charge is 0.461 e. The van der Waals surface area contributed by atoms with Gasteiger partial charge in [0.15, 0.2) is 5.78 Å². The van der Waals surface area contributed by atoms with Crippen LogP contribution >= 0.6 is 0 Å². The zero-order valence-electron chi connectivity index (χ0n) is 15.9. The highest BCUT2D eigenvalue weighted by Gasteiger charge is 2.34. The number of nitrogens with one attached hydrogen (secondary N) is 1. The fourth-order valence-electron chi connectivity index (χ4n) is 3.59. The Morgan fingerprint density at radius 1 is 1.15 bits per heavy atom. The van der Waals surface area contributed by atoms with E-state index in [-0.39, 0.29) is 30.8 Å². The normalized spacial score (nSPS) is 16.9. The topological polar surface area (TPSA) is 79.5 Å². The average molecular weight is 360 g/mol. The second-order valence-electron chi connectivity index (χ2n) is 7.56. The minimum atomic E-state index is -0.451. The van der Waals surface area contributed by atoms with Crippen molar-refractivity contribution in [1.29, 1.82) is 0 Å². The maximum Gasteiger partial charge on any atom is 0.355 e. The molecule has 1 aromatic rings. The van der Waals surface area contributed by atoms with Crippen molar-refractivity contribution in [3.63, 3.8) is 0 Å². The van der Waals surface area contributed by atoms with Gasteiger partial charge in [-0.3, -0.25) is 9.59 Å². The van der Waals surface area contributed by atoms with E-state index in [0.717, 1.165) is 32.1 Å². The summed E-state index contributed by atoms with van der Waals surface area (Å²) in [6.45, 7) is 6.33. The number of esters is 1. The van der Waals surface area contributed by atoms with Crippen LogP contribution < -0.4 is 0 Å². The van der Waals surface area contributed by atoms with E-state index >= 15 is 0 Å². The van der Waals surface area contributed by atoms with Crippen molar-refractivity contribution in [2.45, 2.75) is 52.9 Å². The third kappa shape index (κ3) is 3.84. The smallest absolute Gasteiger partial charge is 0.355 e. The molecule has 3 rings (SSSR count). The maximum absolute atomic E-state index is 13.0. The first-order valence-electron chi connectivity index (χ1n) is 9.60. The van der Waals surface area contributed by atoms with E-state index in [0.29, 0.717) is 35.0 Å². The summed E-state index contributed by atoms with van der Waals surface area (Å²) in [5.74, 6) is 0.181. The van der Waals surface area contributed by atoms with Gasteiger partial charge in [-0.2, -0.15) is 0 Å². The Balaban J connectivity index is 1.76. The first kappa shape index (κ1) is 18.7. The van der Waals surface area contributed by atoms with E-state index in [1.807, 2.05) is 0 Å². The van der Waals surface area contributed by atoms with Gasteiger partial charge >= 0.3 is 5.97 Å². The zero-order valence-corrected chi connectivity index (χ0v) is 15.9. The molecule has 1 aromatic heterocycles. The van der Waals surface area contributed by atoms with Gasteiger partial charge in [0.25, 0.3) is 0 Å². The monoisotopic (exact) mass is 360 g/mol. The quantitative estimate of drug-likeness (QED) is 0.571. The number of hydrogen-bond donors (Lipinski definition) is 1. The average Bonchev–Trinajstić information content (AvgIpc) is 3.29. The summed E-state index contributed by atoms with van der Waals surface area (Å²) in [6.07, 6.45) is 5.24. The Kier molecular flexibility index (Phi) is 5.49. The Hall–Kier alpha value is -2.11. The van der Waals surface area contributed by atoms with E-state index in [2.05, 4.69) is 4.98 Å². The van der Waals surface area contributed by atoms with Crippen LogP contribution in [0, 0.1) is 25.7 Å². The van der Waals surface area contributed by atoms with Crippen molar-refractivity contribution in [2.75, 3.05) is 19.7 Å². The van der Waals surface area contributed by atoms with Crippen molar-refractivity contribution in [2.24, 2.45) is 11.8 Å². The van der Waals surface area contributed by atoms with Gasteiger partial charge in [0.1, 0.15) is 5.69 Å². The first-order valence-corrected chi connectivity index (χ1v) is 9.60. The number of carbonyl (C=O) groups excluding carboxylic acids is 3. The van der Waals surface area contributed by atoms with Crippen LogP contribution in [0.1, 0.15) is 71.1 Å². The van der Waals surface area contributed by atoms with Crippen LogP contribution in [0.5, 0.6) is 0 Å². The highest BCUT2D eigenvalue weighted by molar-refractivity contribution is 6.04. The molecule has 0 aliphatic heterocycles. The third-order valence-electron chi connectivity index (χ3n) is 5.47. The predicted octanol–water partition coefficient (Wildman–Crippen LogP) is 3.03. The zero-order chi connectivity index (χ0) is 18.8. The Labute approximate surface area is 154 Å². The molecule has 6 nitrogen and oxygen atoms in total. The molecule has 0 bridgehead atoms. The highest BCUT2D eigenvalue weighted by atomic mass is 16.5. The molecule has 1 N–H and O–H groups in total. The molecule has 2 aliphatic carbocycles. The molecule has 0 saturated heterocycles. The lowest BCUT2D eigenvalue weighted by molar-refractivity contribution is -0.137. The molecule has 2 fully saturated rings. The standard InChI is InChI=1S/C20H28N2O4/c1-4-26-20(25)18-12(2)17(13(3)21-18)16(23)11-22(10-14-8-9-14)19(24)15-6-5-7-15/h14-15,21H,4-11H2,1-3H3. The minimum Gasteiger partial charge on any atom is -0.461 e. The van der Waals surface area contributed by atoms with Crippen molar-refractivity contribution >= 4 is 17.7 Å². The van der Waals surface area contributed by atoms with Crippen LogP contribution in [0.4, 0.5) is 0 Å². The van der Waals surface area contributed by atoms with Gasteiger partial charge in [0.2, 0.25) is 5.91 Å². The van der Waals surface area contributed by atoms with E-state index < -0.39 is 5.97 Å². The molecule has 6 heteroatoms. The van der Waals surface area contributed by atoms with Crippen LogP contribution in [0.25, 0.3) is 0 Å². The van der Waals surface area contributed by atoms with Crippen LogP contribution in [-0.2, 0) is 9.53 Å². The molecule has 0 unspecified atom stereocenters. The molecule has 0 radical (unpaired) electrons. The van der Waals surface area contributed by atoms with Crippen molar-refractivity contribution in [3.8, 4) is 0 Å². The summed E-state index contributed by atoms with van der Waals surface area (Å²) in [5, 5.41) is 0. The van der Waals surface area contributed by atoms with E-state index in [4.69, 9.17) is 4.74 Å². The molecule has 2 aliphatic rings. The van der Waals surface area contributed by atoms with Gasteiger partial charge in [-0.15, -0.1) is 0 Å². The number of nitrogens with zero attached hydrogens (tertiary/aromatic N) is 1. The Bertz CT molecular complexity index is 714. The van der Waals surface area contributed by atoms with Gasteiger partial charge in [0, 0.05) is 23.7 Å². The lowest BCUT2D eigenvalue weighted by Gasteiger charge is -2.31. The summed E-state index contributed by atoms with van der Waals surface area (Å²) in [7, 11) is 0. The Morgan fingerprint density at radius 2 is 1.85 bits per heavy atom. The number of amides is 1. The van der Waals surface area contributed by atoms with Crippen molar-refractivity contribution < 1.29 is 19.1 Å². The van der Waals surface area contributed by atoms with Crippen molar-refractivity contribution in [3.05, 3.63) is 22.5 Å².